The molecule has 2 heterocycles. The van der Waals surface area contributed by atoms with Gasteiger partial charge < -0.3 is 19.4 Å². The summed E-state index contributed by atoms with van der Waals surface area (Å²) in [4.78, 5) is 19.7. The van der Waals surface area contributed by atoms with Crippen LogP contribution < -0.4 is 9.80 Å². The minimum atomic E-state index is -0.0771. The molecule has 0 aromatic heterocycles. The molecule has 2 aromatic rings. The number of likely N-dealkylation sites (N-methyl/N-ethyl adjacent to an activating group) is 1. The summed E-state index contributed by atoms with van der Waals surface area (Å²) in [6.45, 7) is 9.47. The number of anilines is 2. The first-order valence-corrected chi connectivity index (χ1v) is 10.8. The molecule has 0 saturated carbocycles. The van der Waals surface area contributed by atoms with Crippen LogP contribution >= 0.6 is 0 Å². The van der Waals surface area contributed by atoms with Gasteiger partial charge in [0.1, 0.15) is 6.61 Å². The first-order chi connectivity index (χ1) is 14.5. The molecule has 2 saturated heterocycles. The highest BCUT2D eigenvalue weighted by Gasteiger charge is 2.27. The quantitative estimate of drug-likeness (QED) is 0.722. The van der Waals surface area contributed by atoms with Gasteiger partial charge in [0, 0.05) is 43.1 Å². The van der Waals surface area contributed by atoms with Crippen molar-refractivity contribution in [1.29, 1.82) is 0 Å². The van der Waals surface area contributed by atoms with Gasteiger partial charge in [0.2, 0.25) is 0 Å². The van der Waals surface area contributed by atoms with E-state index in [9.17, 15) is 4.79 Å². The van der Waals surface area contributed by atoms with Crippen LogP contribution in [-0.4, -0.2) is 57.2 Å². The predicted octanol–water partition coefficient (Wildman–Crippen LogP) is 3.97. The first kappa shape index (κ1) is 20.5. The van der Waals surface area contributed by atoms with Crippen molar-refractivity contribution in [2.45, 2.75) is 19.8 Å². The van der Waals surface area contributed by atoms with Gasteiger partial charge in [0.25, 0.3) is 5.91 Å². The lowest BCUT2D eigenvalue weighted by atomic mass is 10.0. The van der Waals surface area contributed by atoms with Gasteiger partial charge in [-0.1, -0.05) is 44.2 Å². The Hall–Kier alpha value is -2.79. The van der Waals surface area contributed by atoms with Crippen molar-refractivity contribution in [3.8, 4) is 0 Å². The Balaban J connectivity index is 1.58. The average molecular weight is 406 g/mol. The van der Waals surface area contributed by atoms with Crippen LogP contribution in [0.4, 0.5) is 11.4 Å². The third-order valence-corrected chi connectivity index (χ3v) is 5.97. The van der Waals surface area contributed by atoms with E-state index < -0.39 is 0 Å². The number of amides is 1. The normalized spacial score (nSPS) is 19.5. The maximum absolute atomic E-state index is 13.2. The van der Waals surface area contributed by atoms with Crippen LogP contribution in [0.3, 0.4) is 0 Å². The minimum Gasteiger partial charge on any atom is -0.486 e. The van der Waals surface area contributed by atoms with Crippen molar-refractivity contribution in [3.63, 3.8) is 0 Å². The van der Waals surface area contributed by atoms with Crippen molar-refractivity contribution in [1.82, 2.24) is 4.90 Å². The summed E-state index contributed by atoms with van der Waals surface area (Å²) in [5, 5.41) is 0. The Morgan fingerprint density at radius 3 is 2.33 bits per heavy atom. The molecule has 2 aromatic carbocycles. The molecule has 2 aliphatic heterocycles. The summed E-state index contributed by atoms with van der Waals surface area (Å²) in [7, 11) is 2.15. The molecule has 0 radical (unpaired) electrons. The second-order valence-electron chi connectivity index (χ2n) is 8.41. The molecule has 5 nitrogen and oxygen atoms in total. The lowest BCUT2D eigenvalue weighted by Crippen LogP contribution is -2.44. The van der Waals surface area contributed by atoms with E-state index in [-0.39, 0.29) is 5.91 Å². The zero-order valence-electron chi connectivity index (χ0n) is 18.2. The van der Waals surface area contributed by atoms with E-state index in [0.29, 0.717) is 24.8 Å². The second kappa shape index (κ2) is 8.92. The number of carbonyl (C=O) groups excluding carboxylic acids is 1. The van der Waals surface area contributed by atoms with E-state index >= 15 is 0 Å². The highest BCUT2D eigenvalue weighted by Crippen LogP contribution is 2.28. The van der Waals surface area contributed by atoms with Gasteiger partial charge >= 0.3 is 0 Å². The molecule has 0 aliphatic carbocycles. The molecule has 4 rings (SSSR count). The van der Waals surface area contributed by atoms with Crippen LogP contribution in [0.1, 0.15) is 30.9 Å². The molecular formula is C25H31N3O2. The van der Waals surface area contributed by atoms with Crippen molar-refractivity contribution in [2.75, 3.05) is 56.2 Å². The highest BCUT2D eigenvalue weighted by molar-refractivity contribution is 6.07. The molecule has 0 atom stereocenters. The molecule has 2 aliphatic rings. The van der Waals surface area contributed by atoms with Crippen LogP contribution in [0.25, 0.3) is 6.08 Å². The maximum Gasteiger partial charge on any atom is 0.293 e. The summed E-state index contributed by atoms with van der Waals surface area (Å²) in [6, 6.07) is 16.6. The molecule has 0 spiro atoms. The number of hydrogen-bond donors (Lipinski definition) is 0. The standard InChI is InChI=1S/C25H31N3O2/c1-19(2)20-8-10-22(11-9-20)28-16-17-30-24(25(28)29)18-21-6-4-5-7-23(21)27-14-12-26(3)13-15-27/h4-11,18-19H,12-17H2,1-3H3/b24-18-. The number of benzene rings is 2. The van der Waals surface area contributed by atoms with Crippen molar-refractivity contribution >= 4 is 23.4 Å². The third-order valence-electron chi connectivity index (χ3n) is 5.97. The lowest BCUT2D eigenvalue weighted by Gasteiger charge is -2.35. The van der Waals surface area contributed by atoms with E-state index in [0.717, 1.165) is 43.1 Å². The molecule has 1 amide bonds. The Morgan fingerprint density at radius 2 is 1.63 bits per heavy atom. The van der Waals surface area contributed by atoms with Gasteiger partial charge in [0.15, 0.2) is 5.76 Å². The van der Waals surface area contributed by atoms with Crippen molar-refractivity contribution in [3.05, 3.63) is 65.4 Å². The Morgan fingerprint density at radius 1 is 0.933 bits per heavy atom. The van der Waals surface area contributed by atoms with Gasteiger partial charge in [-0.15, -0.1) is 0 Å². The zero-order chi connectivity index (χ0) is 21.1. The van der Waals surface area contributed by atoms with Gasteiger partial charge in [-0.05, 0) is 42.8 Å². The summed E-state index contributed by atoms with van der Waals surface area (Å²) >= 11 is 0. The lowest BCUT2D eigenvalue weighted by molar-refractivity contribution is -0.120. The summed E-state index contributed by atoms with van der Waals surface area (Å²) in [5.41, 5.74) is 4.39. The maximum atomic E-state index is 13.2. The number of hydrogen-bond acceptors (Lipinski definition) is 4. The topological polar surface area (TPSA) is 36.0 Å². The number of rotatable bonds is 4. The molecule has 5 heteroatoms. The van der Waals surface area contributed by atoms with E-state index in [1.807, 2.05) is 29.2 Å². The second-order valence-corrected chi connectivity index (χ2v) is 8.41. The van der Waals surface area contributed by atoms with Gasteiger partial charge in [0.05, 0.1) is 6.54 Å². The highest BCUT2D eigenvalue weighted by atomic mass is 16.5. The monoisotopic (exact) mass is 405 g/mol. The molecule has 0 bridgehead atoms. The number of nitrogens with zero attached hydrogens (tertiary/aromatic N) is 3. The van der Waals surface area contributed by atoms with Gasteiger partial charge in [-0.2, -0.15) is 0 Å². The van der Waals surface area contributed by atoms with Crippen LogP contribution in [0, 0.1) is 0 Å². The molecule has 0 N–H and O–H groups in total. The Bertz CT molecular complexity index is 912. The summed E-state index contributed by atoms with van der Waals surface area (Å²) in [5.74, 6) is 0.809. The molecule has 30 heavy (non-hydrogen) atoms. The number of carbonyl (C=O) groups is 1. The molecule has 0 unspecified atom stereocenters. The third kappa shape index (κ3) is 4.36. The summed E-state index contributed by atoms with van der Waals surface area (Å²) < 4.78 is 5.81. The Labute approximate surface area is 179 Å². The van der Waals surface area contributed by atoms with E-state index in [1.54, 1.807) is 0 Å². The van der Waals surface area contributed by atoms with Crippen LogP contribution in [-0.2, 0) is 9.53 Å². The van der Waals surface area contributed by atoms with E-state index in [2.05, 4.69) is 61.0 Å². The zero-order valence-corrected chi connectivity index (χ0v) is 18.2. The molecular weight excluding hydrogens is 374 g/mol. The fourth-order valence-electron chi connectivity index (χ4n) is 4.02. The fraction of sp³-hybridized carbons (Fsp3) is 0.400. The van der Waals surface area contributed by atoms with Crippen LogP contribution in [0.5, 0.6) is 0 Å². The average Bonchev–Trinajstić information content (AvgIpc) is 2.76. The van der Waals surface area contributed by atoms with Gasteiger partial charge in [-0.25, -0.2) is 0 Å². The van der Waals surface area contributed by atoms with Crippen LogP contribution in [0.2, 0.25) is 0 Å². The van der Waals surface area contributed by atoms with Crippen LogP contribution in [0.15, 0.2) is 54.3 Å². The fourth-order valence-corrected chi connectivity index (χ4v) is 4.02. The number of para-hydroxylation sites is 1. The molecule has 2 fully saturated rings. The SMILES string of the molecule is CC(C)c1ccc(N2CCO/C(=C\c3ccccc3N3CCN(C)CC3)C2=O)cc1. The number of morpholine rings is 1. The smallest absolute Gasteiger partial charge is 0.293 e. The first-order valence-electron chi connectivity index (χ1n) is 10.8. The number of piperazine rings is 1. The van der Waals surface area contributed by atoms with E-state index in [4.69, 9.17) is 4.74 Å². The Kier molecular flexibility index (Phi) is 6.09. The van der Waals surface area contributed by atoms with E-state index in [1.165, 1.54) is 5.56 Å². The predicted molar refractivity (Wildman–Crippen MR) is 123 cm³/mol. The minimum absolute atomic E-state index is 0.0771. The largest absolute Gasteiger partial charge is 0.486 e. The molecule has 158 valence electrons. The number of ether oxygens (including phenoxy) is 1. The van der Waals surface area contributed by atoms with Crippen molar-refractivity contribution < 1.29 is 9.53 Å². The van der Waals surface area contributed by atoms with Crippen molar-refractivity contribution in [2.24, 2.45) is 0 Å². The summed E-state index contributed by atoms with van der Waals surface area (Å²) in [6.07, 6.45) is 1.91. The van der Waals surface area contributed by atoms with Gasteiger partial charge in [-0.3, -0.25) is 4.79 Å².